The maximum absolute atomic E-state index is 13.0. The van der Waals surface area contributed by atoms with E-state index in [2.05, 4.69) is 25.6 Å². The van der Waals surface area contributed by atoms with Crippen LogP contribution in [0, 0.1) is 0 Å². The molecule has 8 heteroatoms. The molecule has 4 rings (SSSR count). The first-order valence-corrected chi connectivity index (χ1v) is 12.0. The minimum atomic E-state index is -3.99. The summed E-state index contributed by atoms with van der Waals surface area (Å²) in [5, 5.41) is 3.18. The van der Waals surface area contributed by atoms with E-state index in [-0.39, 0.29) is 16.7 Å². The van der Waals surface area contributed by atoms with Crippen LogP contribution in [0.1, 0.15) is 5.56 Å². The summed E-state index contributed by atoms with van der Waals surface area (Å²) in [6.45, 7) is 0. The Morgan fingerprint density at radius 1 is 0.618 bits per heavy atom. The summed E-state index contributed by atoms with van der Waals surface area (Å²) in [5.41, 5.74) is 8.22. The summed E-state index contributed by atoms with van der Waals surface area (Å²) >= 11 is 0. The molecule has 0 aliphatic carbocycles. The Balaban J connectivity index is 1.75. The zero-order valence-corrected chi connectivity index (χ0v) is 19.0. The monoisotopic (exact) mass is 469 g/mol. The summed E-state index contributed by atoms with van der Waals surface area (Å²) in [5.74, 6) is 0.297. The number of nitrogens with one attached hydrogen (secondary N) is 3. The second-order valence-electron chi connectivity index (χ2n) is 7.14. The summed E-state index contributed by atoms with van der Waals surface area (Å²) < 4.78 is 30.1. The van der Waals surface area contributed by atoms with E-state index in [9.17, 15) is 8.42 Å². The van der Waals surface area contributed by atoms with E-state index in [1.165, 1.54) is 12.1 Å². The molecule has 0 saturated heterocycles. The van der Waals surface area contributed by atoms with Crippen molar-refractivity contribution < 1.29 is 8.42 Å². The lowest BCUT2D eigenvalue weighted by Gasteiger charge is -2.15. The van der Waals surface area contributed by atoms with Gasteiger partial charge in [0.1, 0.15) is 0 Å². The number of hydrogen-bond acceptors (Lipinski definition) is 3. The summed E-state index contributed by atoms with van der Waals surface area (Å²) in [6.07, 6.45) is 0. The Morgan fingerprint density at radius 2 is 1.12 bits per heavy atom. The van der Waals surface area contributed by atoms with Crippen LogP contribution in [0.5, 0.6) is 0 Å². The third-order valence-electron chi connectivity index (χ3n) is 4.63. The van der Waals surface area contributed by atoms with E-state index >= 15 is 0 Å². The number of sulfonamides is 1. The highest BCUT2D eigenvalue weighted by molar-refractivity contribution is 7.90. The Labute approximate surface area is 199 Å². The van der Waals surface area contributed by atoms with Crippen LogP contribution < -0.4 is 16.2 Å². The maximum atomic E-state index is 13.0. The Hall–Kier alpha value is -4.43. The highest BCUT2D eigenvalue weighted by Gasteiger charge is 2.16. The lowest BCUT2D eigenvalue weighted by molar-refractivity contribution is 0.598. The summed E-state index contributed by atoms with van der Waals surface area (Å²) in [6, 6.07) is 35.9. The van der Waals surface area contributed by atoms with E-state index in [1.54, 1.807) is 42.5 Å². The lowest BCUT2D eigenvalue weighted by atomic mass is 10.2. The van der Waals surface area contributed by atoms with E-state index in [0.29, 0.717) is 5.56 Å². The molecule has 0 heterocycles. The average molecular weight is 470 g/mol. The molecule has 0 bridgehead atoms. The number of guanidine groups is 1. The van der Waals surface area contributed by atoms with Crippen molar-refractivity contribution in [1.29, 1.82) is 0 Å². The van der Waals surface area contributed by atoms with Crippen LogP contribution in [-0.2, 0) is 10.0 Å². The van der Waals surface area contributed by atoms with Gasteiger partial charge in [0.05, 0.1) is 10.6 Å². The number of aliphatic imine (C=N–C) groups is 1. The van der Waals surface area contributed by atoms with E-state index in [1.807, 2.05) is 66.7 Å². The first kappa shape index (κ1) is 22.8. The van der Waals surface area contributed by atoms with Crippen molar-refractivity contribution in [3.05, 3.63) is 127 Å². The molecule has 170 valence electrons. The molecule has 4 aromatic rings. The third-order valence-corrected chi connectivity index (χ3v) is 5.91. The zero-order valence-electron chi connectivity index (χ0n) is 18.2. The Kier molecular flexibility index (Phi) is 7.32. The van der Waals surface area contributed by atoms with Crippen molar-refractivity contribution in [2.45, 2.75) is 4.90 Å². The molecule has 0 fully saturated rings. The van der Waals surface area contributed by atoms with Crippen molar-refractivity contribution in [3.63, 3.8) is 0 Å². The van der Waals surface area contributed by atoms with Crippen molar-refractivity contribution in [2.75, 3.05) is 10.7 Å². The molecule has 3 N–H and O–H groups in total. The van der Waals surface area contributed by atoms with Gasteiger partial charge in [-0.3, -0.25) is 10.9 Å². The van der Waals surface area contributed by atoms with Gasteiger partial charge in [-0.2, -0.15) is 13.4 Å². The fraction of sp³-hybridized carbons (Fsp3) is 0. The molecule has 4 aromatic carbocycles. The normalized spacial score (nSPS) is 12.1. The molecule has 34 heavy (non-hydrogen) atoms. The van der Waals surface area contributed by atoms with Gasteiger partial charge in [0, 0.05) is 11.3 Å². The largest absolute Gasteiger partial charge is 0.325 e. The molecule has 7 nitrogen and oxygen atoms in total. The quantitative estimate of drug-likeness (QED) is 0.212. The standard InChI is InChI=1S/C26H23N5O2S/c32-34(33,24-19-11-4-12-20-24)31-25(21-13-5-1-6-14-21)28-26(27-22-15-7-2-8-16-22)30-29-23-17-9-3-10-18-23/h1-20,29H,(H2,27,28,30,31). The predicted molar refractivity (Wildman–Crippen MR) is 137 cm³/mol. The molecule has 0 atom stereocenters. The second kappa shape index (κ2) is 10.9. The molecule has 0 aliphatic rings. The smallest absolute Gasteiger partial charge is 0.284 e. The number of hydrazine groups is 1. The molecular weight excluding hydrogens is 446 g/mol. The Bertz CT molecular complexity index is 1360. The Morgan fingerprint density at radius 3 is 1.71 bits per heavy atom. The van der Waals surface area contributed by atoms with Crippen LogP contribution in [0.3, 0.4) is 0 Å². The van der Waals surface area contributed by atoms with E-state index in [0.717, 1.165) is 11.4 Å². The van der Waals surface area contributed by atoms with Crippen molar-refractivity contribution in [1.82, 2.24) is 5.43 Å². The third kappa shape index (κ3) is 6.30. The number of para-hydroxylation sites is 2. The number of amidine groups is 1. The van der Waals surface area contributed by atoms with Gasteiger partial charge in [-0.1, -0.05) is 84.9 Å². The van der Waals surface area contributed by atoms with Crippen LogP contribution in [0.2, 0.25) is 0 Å². The predicted octanol–water partition coefficient (Wildman–Crippen LogP) is 4.91. The molecule has 0 aliphatic heterocycles. The van der Waals surface area contributed by atoms with Gasteiger partial charge in [-0.05, 0) is 36.4 Å². The first-order chi connectivity index (χ1) is 16.6. The molecule has 0 aromatic heterocycles. The van der Waals surface area contributed by atoms with Crippen LogP contribution >= 0.6 is 0 Å². The highest BCUT2D eigenvalue weighted by Crippen LogP contribution is 2.15. The van der Waals surface area contributed by atoms with Gasteiger partial charge in [-0.25, -0.2) is 0 Å². The molecule has 0 spiro atoms. The van der Waals surface area contributed by atoms with Gasteiger partial charge < -0.3 is 5.32 Å². The van der Waals surface area contributed by atoms with Crippen LogP contribution in [0.4, 0.5) is 11.4 Å². The van der Waals surface area contributed by atoms with E-state index < -0.39 is 10.0 Å². The van der Waals surface area contributed by atoms with Gasteiger partial charge in [0.15, 0.2) is 5.84 Å². The zero-order chi connectivity index (χ0) is 23.6. The molecule has 0 unspecified atom stereocenters. The topological polar surface area (TPSA) is 95.0 Å². The van der Waals surface area contributed by atoms with Crippen molar-refractivity contribution in [2.24, 2.45) is 9.39 Å². The minimum absolute atomic E-state index is 0.0326. The fourth-order valence-electron chi connectivity index (χ4n) is 2.99. The molecular formula is C26H23N5O2S. The molecule has 0 radical (unpaired) electrons. The number of hydrogen-bond donors (Lipinski definition) is 3. The van der Waals surface area contributed by atoms with Gasteiger partial charge in [0.25, 0.3) is 10.0 Å². The summed E-state index contributed by atoms with van der Waals surface area (Å²) in [7, 11) is -3.99. The highest BCUT2D eigenvalue weighted by atomic mass is 32.2. The number of nitrogens with zero attached hydrogens (tertiary/aromatic N) is 2. The number of benzene rings is 4. The second-order valence-corrected chi connectivity index (χ2v) is 8.74. The average Bonchev–Trinajstić information content (AvgIpc) is 2.89. The lowest BCUT2D eigenvalue weighted by Crippen LogP contribution is -2.36. The number of anilines is 2. The molecule has 0 amide bonds. The summed E-state index contributed by atoms with van der Waals surface area (Å²) in [4.78, 5) is 4.66. The minimum Gasteiger partial charge on any atom is -0.325 e. The van der Waals surface area contributed by atoms with Gasteiger partial charge >= 0.3 is 0 Å². The van der Waals surface area contributed by atoms with Crippen molar-refractivity contribution in [3.8, 4) is 0 Å². The van der Waals surface area contributed by atoms with Gasteiger partial charge in [0.2, 0.25) is 5.96 Å². The molecule has 0 saturated carbocycles. The fourth-order valence-corrected chi connectivity index (χ4v) is 3.97. The maximum Gasteiger partial charge on any atom is 0.284 e. The van der Waals surface area contributed by atoms with Gasteiger partial charge in [-0.15, -0.1) is 4.40 Å². The first-order valence-electron chi connectivity index (χ1n) is 10.5. The SMILES string of the molecule is O=S(=O)(N=C(N=C(NNc1ccccc1)Nc1ccccc1)c1ccccc1)c1ccccc1. The van der Waals surface area contributed by atoms with Crippen molar-refractivity contribution >= 4 is 33.2 Å². The van der Waals surface area contributed by atoms with Crippen LogP contribution in [0.25, 0.3) is 0 Å². The van der Waals surface area contributed by atoms with Crippen LogP contribution in [-0.4, -0.2) is 20.2 Å². The van der Waals surface area contributed by atoms with E-state index in [4.69, 9.17) is 0 Å². The number of rotatable bonds is 6. The van der Waals surface area contributed by atoms with Crippen LogP contribution in [0.15, 0.2) is 136 Å².